The Morgan fingerprint density at radius 1 is 1.06 bits per heavy atom. The van der Waals surface area contributed by atoms with Gasteiger partial charge in [-0.15, -0.1) is 0 Å². The van der Waals surface area contributed by atoms with Crippen LogP contribution in [0.2, 0.25) is 0 Å². The van der Waals surface area contributed by atoms with Crippen molar-refractivity contribution in [2.75, 3.05) is 13.1 Å². The van der Waals surface area contributed by atoms with Gasteiger partial charge in [-0.25, -0.2) is 0 Å². The summed E-state index contributed by atoms with van der Waals surface area (Å²) in [6, 6.07) is 26.0. The van der Waals surface area contributed by atoms with Crippen LogP contribution in [0.25, 0.3) is 0 Å². The summed E-state index contributed by atoms with van der Waals surface area (Å²) in [6.45, 7) is 10.9. The third-order valence-electron chi connectivity index (χ3n) is 6.65. The van der Waals surface area contributed by atoms with Crippen molar-refractivity contribution in [3.8, 4) is 5.75 Å². The molecule has 1 aliphatic heterocycles. The topological polar surface area (TPSA) is 41.6 Å². The monoisotopic (exact) mass is 470 g/mol. The SMILES string of the molecule is CC[C@@H](Oc1ccc2c(c1)[C@H](c1ccccc1)N(Cc1cccc(C)c1)CC2)C(=O)NCC(C)C. The number of hydrogen-bond donors (Lipinski definition) is 1. The number of fused-ring (bicyclic) bond motifs is 1. The first kappa shape index (κ1) is 25.0. The molecule has 1 amide bonds. The standard InChI is InChI=1S/C31H38N2O2/c1-5-29(31(34)32-20-22(2)3)35-27-15-14-25-16-17-33(21-24-11-9-10-23(4)18-24)30(28(25)19-27)26-12-7-6-8-13-26/h6-15,18-19,22,29-30H,5,16-17,20-21H2,1-4H3,(H,32,34)/t29-,30+/m1/s1. The maximum atomic E-state index is 12.7. The first-order valence-electron chi connectivity index (χ1n) is 12.9. The molecule has 3 aromatic carbocycles. The molecule has 1 heterocycles. The summed E-state index contributed by atoms with van der Waals surface area (Å²) < 4.78 is 6.25. The predicted molar refractivity (Wildman–Crippen MR) is 143 cm³/mol. The van der Waals surface area contributed by atoms with Crippen LogP contribution >= 0.6 is 0 Å². The number of aryl methyl sites for hydroxylation is 1. The number of hydrogen-bond acceptors (Lipinski definition) is 3. The molecule has 35 heavy (non-hydrogen) atoms. The first-order chi connectivity index (χ1) is 16.9. The van der Waals surface area contributed by atoms with Crippen LogP contribution in [0.3, 0.4) is 0 Å². The minimum absolute atomic E-state index is 0.0420. The molecule has 1 N–H and O–H groups in total. The molecular weight excluding hydrogens is 432 g/mol. The molecule has 184 valence electrons. The van der Waals surface area contributed by atoms with Crippen LogP contribution in [0.1, 0.15) is 61.1 Å². The van der Waals surface area contributed by atoms with Crippen LogP contribution in [-0.4, -0.2) is 30.0 Å². The van der Waals surface area contributed by atoms with Gasteiger partial charge in [0.2, 0.25) is 0 Å². The van der Waals surface area contributed by atoms with Gasteiger partial charge >= 0.3 is 0 Å². The molecular formula is C31H38N2O2. The lowest BCUT2D eigenvalue weighted by molar-refractivity contribution is -0.128. The van der Waals surface area contributed by atoms with Crippen LogP contribution in [0.5, 0.6) is 5.75 Å². The number of rotatable bonds is 9. The molecule has 0 saturated heterocycles. The predicted octanol–water partition coefficient (Wildman–Crippen LogP) is 6.07. The molecule has 0 aliphatic carbocycles. The lowest BCUT2D eigenvalue weighted by Gasteiger charge is -2.38. The third-order valence-corrected chi connectivity index (χ3v) is 6.65. The Kier molecular flexibility index (Phi) is 8.25. The summed E-state index contributed by atoms with van der Waals surface area (Å²) in [5.74, 6) is 1.12. The van der Waals surface area contributed by atoms with E-state index in [1.54, 1.807) is 0 Å². The quantitative estimate of drug-likeness (QED) is 0.413. The Morgan fingerprint density at radius 2 is 1.86 bits per heavy atom. The number of carbonyl (C=O) groups excluding carboxylic acids is 1. The van der Waals surface area contributed by atoms with Crippen molar-refractivity contribution in [1.29, 1.82) is 0 Å². The van der Waals surface area contributed by atoms with Crippen molar-refractivity contribution in [3.63, 3.8) is 0 Å². The van der Waals surface area contributed by atoms with Gasteiger partial charge < -0.3 is 10.1 Å². The van der Waals surface area contributed by atoms with E-state index in [9.17, 15) is 4.79 Å². The largest absolute Gasteiger partial charge is 0.481 e. The van der Waals surface area contributed by atoms with Crippen LogP contribution in [0.4, 0.5) is 0 Å². The Hall–Kier alpha value is -3.11. The summed E-state index contributed by atoms with van der Waals surface area (Å²) in [5.41, 5.74) is 6.51. The fraction of sp³-hybridized carbons (Fsp3) is 0.387. The van der Waals surface area contributed by atoms with Crippen LogP contribution < -0.4 is 10.1 Å². The zero-order valence-electron chi connectivity index (χ0n) is 21.5. The average molecular weight is 471 g/mol. The van der Waals surface area contributed by atoms with E-state index in [0.717, 1.165) is 25.3 Å². The molecule has 0 aromatic heterocycles. The summed E-state index contributed by atoms with van der Waals surface area (Å²) in [6.07, 6.45) is 1.13. The number of benzene rings is 3. The molecule has 0 unspecified atom stereocenters. The van der Waals surface area contributed by atoms with Crippen molar-refractivity contribution in [3.05, 3.63) is 101 Å². The minimum atomic E-state index is -0.492. The second kappa shape index (κ2) is 11.5. The van der Waals surface area contributed by atoms with E-state index in [1.165, 1.54) is 27.8 Å². The summed E-state index contributed by atoms with van der Waals surface area (Å²) in [7, 11) is 0. The highest BCUT2D eigenvalue weighted by Gasteiger charge is 2.30. The van der Waals surface area contributed by atoms with E-state index in [1.807, 2.05) is 13.0 Å². The molecule has 0 saturated carbocycles. The van der Waals surface area contributed by atoms with Gasteiger partial charge in [-0.1, -0.05) is 87.0 Å². The van der Waals surface area contributed by atoms with Crippen LogP contribution in [-0.2, 0) is 17.8 Å². The number of nitrogens with one attached hydrogen (secondary N) is 1. The zero-order valence-corrected chi connectivity index (χ0v) is 21.5. The molecule has 0 fully saturated rings. The normalized spacial score (nSPS) is 16.5. The van der Waals surface area contributed by atoms with Crippen LogP contribution in [0.15, 0.2) is 72.8 Å². The van der Waals surface area contributed by atoms with Crippen LogP contribution in [0, 0.1) is 12.8 Å². The number of carbonyl (C=O) groups is 1. The Balaban J connectivity index is 1.63. The summed E-state index contributed by atoms with van der Waals surface area (Å²) in [4.78, 5) is 15.3. The van der Waals surface area contributed by atoms with Gasteiger partial charge in [-0.05, 0) is 60.1 Å². The molecule has 4 nitrogen and oxygen atoms in total. The fourth-order valence-corrected chi connectivity index (χ4v) is 4.86. The number of amides is 1. The van der Waals surface area contributed by atoms with E-state index >= 15 is 0 Å². The van der Waals surface area contributed by atoms with Gasteiger partial charge in [-0.2, -0.15) is 0 Å². The highest BCUT2D eigenvalue weighted by Crippen LogP contribution is 2.38. The van der Waals surface area contributed by atoms with Gasteiger partial charge in [-0.3, -0.25) is 9.69 Å². The lowest BCUT2D eigenvalue weighted by Crippen LogP contribution is -2.39. The van der Waals surface area contributed by atoms with E-state index in [4.69, 9.17) is 4.74 Å². The highest BCUT2D eigenvalue weighted by molar-refractivity contribution is 5.81. The smallest absolute Gasteiger partial charge is 0.261 e. The van der Waals surface area contributed by atoms with E-state index < -0.39 is 6.10 Å². The minimum Gasteiger partial charge on any atom is -0.481 e. The van der Waals surface area contributed by atoms with Gasteiger partial charge in [0.15, 0.2) is 6.10 Å². The third kappa shape index (κ3) is 6.32. The van der Waals surface area contributed by atoms with Crippen molar-refractivity contribution >= 4 is 5.91 Å². The van der Waals surface area contributed by atoms with Crippen molar-refractivity contribution in [2.24, 2.45) is 5.92 Å². The molecule has 0 spiro atoms. The summed E-state index contributed by atoms with van der Waals surface area (Å²) >= 11 is 0. The second-order valence-electron chi connectivity index (χ2n) is 10.0. The van der Waals surface area contributed by atoms with Gasteiger partial charge in [0, 0.05) is 19.6 Å². The van der Waals surface area contributed by atoms with Gasteiger partial charge in [0.1, 0.15) is 5.75 Å². The van der Waals surface area contributed by atoms with E-state index in [2.05, 4.69) is 97.7 Å². The molecule has 0 radical (unpaired) electrons. The average Bonchev–Trinajstić information content (AvgIpc) is 2.86. The maximum absolute atomic E-state index is 12.7. The Morgan fingerprint density at radius 3 is 2.57 bits per heavy atom. The van der Waals surface area contributed by atoms with Crippen molar-refractivity contribution in [2.45, 2.75) is 59.2 Å². The van der Waals surface area contributed by atoms with E-state index in [-0.39, 0.29) is 11.9 Å². The van der Waals surface area contributed by atoms with Crippen molar-refractivity contribution in [1.82, 2.24) is 10.2 Å². The Labute approximate surface area is 210 Å². The maximum Gasteiger partial charge on any atom is 0.261 e. The fourth-order valence-electron chi connectivity index (χ4n) is 4.86. The van der Waals surface area contributed by atoms with Gasteiger partial charge in [0.25, 0.3) is 5.91 Å². The number of nitrogens with zero attached hydrogens (tertiary/aromatic N) is 1. The lowest BCUT2D eigenvalue weighted by atomic mass is 9.87. The van der Waals surface area contributed by atoms with E-state index in [0.29, 0.717) is 18.9 Å². The van der Waals surface area contributed by atoms with Gasteiger partial charge in [0.05, 0.1) is 6.04 Å². The molecule has 2 atom stereocenters. The van der Waals surface area contributed by atoms with Crippen molar-refractivity contribution < 1.29 is 9.53 Å². The zero-order chi connectivity index (χ0) is 24.8. The second-order valence-corrected chi connectivity index (χ2v) is 10.0. The molecule has 4 heteroatoms. The molecule has 3 aromatic rings. The first-order valence-corrected chi connectivity index (χ1v) is 12.9. The molecule has 4 rings (SSSR count). The molecule has 0 bridgehead atoms. The summed E-state index contributed by atoms with van der Waals surface area (Å²) in [5, 5.41) is 3.02. The Bertz CT molecular complexity index is 1130. The number of ether oxygens (including phenoxy) is 1. The highest BCUT2D eigenvalue weighted by atomic mass is 16.5. The molecule has 1 aliphatic rings.